The molecule has 0 aromatic heterocycles. The van der Waals surface area contributed by atoms with E-state index in [-0.39, 0.29) is 0 Å². The second-order valence-electron chi connectivity index (χ2n) is 9.31. The molecule has 0 N–H and O–H groups in total. The van der Waals surface area contributed by atoms with Gasteiger partial charge in [-0.25, -0.2) is 0 Å². The molecule has 0 aliphatic heterocycles. The van der Waals surface area contributed by atoms with Crippen molar-refractivity contribution in [1.82, 2.24) is 0 Å². The molecule has 0 atom stereocenters. The van der Waals surface area contributed by atoms with Crippen molar-refractivity contribution in [3.05, 3.63) is 68.8 Å². The van der Waals surface area contributed by atoms with Gasteiger partial charge in [-0.2, -0.15) is 0 Å². The smallest absolute Gasteiger partial charge is 0.0392 e. The lowest BCUT2D eigenvalue weighted by Crippen LogP contribution is -1.88. The minimum Gasteiger partial charge on any atom is -0.0683 e. The molecule has 2 rings (SSSR count). The van der Waals surface area contributed by atoms with Crippen LogP contribution in [0.1, 0.15) is 249 Å². The molecular formula is C50H112. The summed E-state index contributed by atoms with van der Waals surface area (Å²) in [5, 5.41) is 0. The van der Waals surface area contributed by atoms with Crippen LogP contribution in [0.15, 0.2) is 24.3 Å². The van der Waals surface area contributed by atoms with Crippen molar-refractivity contribution < 1.29 is 0 Å². The third-order valence-corrected chi connectivity index (χ3v) is 5.66. The summed E-state index contributed by atoms with van der Waals surface area (Å²) in [6.45, 7) is 66.6. The van der Waals surface area contributed by atoms with Crippen LogP contribution < -0.4 is 0 Å². The summed E-state index contributed by atoms with van der Waals surface area (Å²) in [5.74, 6) is 0. The van der Waals surface area contributed by atoms with E-state index in [4.69, 9.17) is 0 Å². The van der Waals surface area contributed by atoms with E-state index in [1.54, 1.807) is 0 Å². The van der Waals surface area contributed by atoms with Gasteiger partial charge in [0.25, 0.3) is 0 Å². The van der Waals surface area contributed by atoms with Gasteiger partial charge < -0.3 is 0 Å². The normalized spacial score (nSPS) is 6.88. The van der Waals surface area contributed by atoms with E-state index in [9.17, 15) is 0 Å². The zero-order valence-electron chi connectivity index (χ0n) is 42.6. The molecule has 50 heavy (non-hydrogen) atoms. The number of benzene rings is 2. The van der Waals surface area contributed by atoms with Crippen molar-refractivity contribution in [2.45, 2.75) is 260 Å². The van der Waals surface area contributed by atoms with Gasteiger partial charge in [-0.15, -0.1) is 0 Å². The Labute approximate surface area is 327 Å². The minimum atomic E-state index is 1.25. The monoisotopic (exact) mass is 713 g/mol. The highest BCUT2D eigenvalue weighted by molar-refractivity contribution is 5.38. The Morgan fingerprint density at radius 1 is 0.240 bits per heavy atom. The van der Waals surface area contributed by atoms with Crippen LogP contribution in [0.2, 0.25) is 0 Å². The second kappa shape index (κ2) is 97.2. The summed E-state index contributed by atoms with van der Waals surface area (Å²) >= 11 is 0. The first kappa shape index (κ1) is 82.1. The lowest BCUT2D eigenvalue weighted by Gasteiger charge is -2.06. The number of hydrogen-bond donors (Lipinski definition) is 0. The van der Waals surface area contributed by atoms with Crippen LogP contribution in [0, 0.1) is 55.4 Å². The van der Waals surface area contributed by atoms with Gasteiger partial charge >= 0.3 is 0 Å². The zero-order chi connectivity index (χ0) is 43.7. The zero-order valence-corrected chi connectivity index (χ0v) is 42.6. The van der Waals surface area contributed by atoms with Crippen LogP contribution in [0.4, 0.5) is 0 Å². The molecule has 0 spiro atoms. The standard InChI is InChI=1S/2C10H14.2C4H10.2C3H8.8C2H6/c2*1-7-5-6-8(2)10(4)9(7)3;2*1-3-4-2;2*1-3-2;8*1-2/h2*5-6H,1-4H3;2*3-4H2,1-2H3;2*3H2,1-2H3;8*1-2H3. The number of hydrogen-bond acceptors (Lipinski definition) is 0. The van der Waals surface area contributed by atoms with Gasteiger partial charge in [0.2, 0.25) is 0 Å². The Hall–Kier alpha value is -1.56. The predicted octanol–water partition coefficient (Wildman–Crippen LogP) is 20.5. The van der Waals surface area contributed by atoms with Crippen molar-refractivity contribution >= 4 is 0 Å². The molecule has 0 saturated heterocycles. The van der Waals surface area contributed by atoms with Crippen molar-refractivity contribution in [3.8, 4) is 0 Å². The van der Waals surface area contributed by atoms with Gasteiger partial charge in [-0.05, 0) is 99.9 Å². The molecule has 2 aromatic carbocycles. The van der Waals surface area contributed by atoms with E-state index < -0.39 is 0 Å². The molecule has 0 heterocycles. The highest BCUT2D eigenvalue weighted by Crippen LogP contribution is 2.16. The van der Waals surface area contributed by atoms with Gasteiger partial charge in [0.05, 0.1) is 0 Å². The molecule has 0 bridgehead atoms. The average Bonchev–Trinajstić information content (AvgIpc) is 3.20. The molecule has 0 radical (unpaired) electrons. The number of unbranched alkanes of at least 4 members (excludes halogenated alkanes) is 2. The second-order valence-corrected chi connectivity index (χ2v) is 9.31. The van der Waals surface area contributed by atoms with Crippen molar-refractivity contribution in [2.24, 2.45) is 0 Å². The predicted molar refractivity (Wildman–Crippen MR) is 255 cm³/mol. The molecule has 0 fully saturated rings. The third kappa shape index (κ3) is 80.8. The highest BCUT2D eigenvalue weighted by Gasteiger charge is 1.98. The molecule has 0 aliphatic rings. The molecule has 0 nitrogen and oxygen atoms in total. The largest absolute Gasteiger partial charge is 0.0683 e. The number of rotatable bonds is 2. The maximum Gasteiger partial charge on any atom is -0.0392 e. The molecule has 0 amide bonds. The van der Waals surface area contributed by atoms with E-state index in [2.05, 4.69) is 135 Å². The van der Waals surface area contributed by atoms with E-state index in [1.165, 1.54) is 83.0 Å². The maximum absolute atomic E-state index is 2.18. The summed E-state index contributed by atoms with van der Waals surface area (Å²) in [6, 6.07) is 8.71. The van der Waals surface area contributed by atoms with Crippen molar-refractivity contribution in [1.29, 1.82) is 0 Å². The fraction of sp³-hybridized carbons (Fsp3) is 0.760. The first-order valence-corrected chi connectivity index (χ1v) is 22.0. The van der Waals surface area contributed by atoms with Crippen molar-refractivity contribution in [3.63, 3.8) is 0 Å². The Kier molecular flexibility index (Phi) is 160. The van der Waals surface area contributed by atoms with E-state index in [1.807, 2.05) is 111 Å². The fourth-order valence-electron chi connectivity index (χ4n) is 2.18. The number of aryl methyl sites for hydroxylation is 4. The van der Waals surface area contributed by atoms with Crippen LogP contribution in [-0.2, 0) is 0 Å². The van der Waals surface area contributed by atoms with E-state index in [0.717, 1.165) is 0 Å². The molecular weight excluding hydrogens is 601 g/mol. The molecule has 0 saturated carbocycles. The summed E-state index contributed by atoms with van der Waals surface area (Å²) in [7, 11) is 0. The van der Waals surface area contributed by atoms with Crippen LogP contribution in [0.3, 0.4) is 0 Å². The minimum absolute atomic E-state index is 1.25. The van der Waals surface area contributed by atoms with Gasteiger partial charge in [0.15, 0.2) is 0 Å². The lowest BCUT2D eigenvalue weighted by atomic mass is 10.0. The van der Waals surface area contributed by atoms with Crippen LogP contribution in [0.5, 0.6) is 0 Å². The van der Waals surface area contributed by atoms with E-state index >= 15 is 0 Å². The maximum atomic E-state index is 2.18. The highest BCUT2D eigenvalue weighted by atomic mass is 14.0. The fourth-order valence-corrected chi connectivity index (χ4v) is 2.18. The Balaban J connectivity index is -0.0000000335. The molecule has 0 aliphatic carbocycles. The van der Waals surface area contributed by atoms with Gasteiger partial charge in [0, 0.05) is 0 Å². The molecule has 2 aromatic rings. The van der Waals surface area contributed by atoms with E-state index in [0.29, 0.717) is 0 Å². The van der Waals surface area contributed by atoms with Crippen LogP contribution in [-0.4, -0.2) is 0 Å². The quantitative estimate of drug-likeness (QED) is 0.291. The first-order chi connectivity index (χ1) is 23.9. The van der Waals surface area contributed by atoms with Gasteiger partial charge in [-0.1, -0.05) is 229 Å². The Morgan fingerprint density at radius 3 is 0.380 bits per heavy atom. The Bertz CT molecular complexity index is 572. The molecule has 0 unspecified atom stereocenters. The lowest BCUT2D eigenvalue weighted by molar-refractivity contribution is 0.886. The SMILES string of the molecule is CC.CC.CC.CC.CC.CC.CC.CC.CCC.CCC.CCCC.CCCC.Cc1ccc(C)c(C)c1C.Cc1ccc(C)c(C)c1C. The first-order valence-electron chi connectivity index (χ1n) is 22.0. The molecule has 312 valence electrons. The molecule has 0 heteroatoms. The average molecular weight is 713 g/mol. The third-order valence-electron chi connectivity index (χ3n) is 5.66. The van der Waals surface area contributed by atoms with Crippen LogP contribution >= 0.6 is 0 Å². The summed E-state index contributed by atoms with van der Waals surface area (Å²) in [4.78, 5) is 0. The summed E-state index contributed by atoms with van der Waals surface area (Å²) in [6.07, 6.45) is 7.78. The van der Waals surface area contributed by atoms with Gasteiger partial charge in [0.1, 0.15) is 0 Å². The van der Waals surface area contributed by atoms with Crippen LogP contribution in [0.25, 0.3) is 0 Å². The topological polar surface area (TPSA) is 0 Å². The van der Waals surface area contributed by atoms with Crippen molar-refractivity contribution in [2.75, 3.05) is 0 Å². The summed E-state index contributed by atoms with van der Waals surface area (Å²) < 4.78 is 0. The summed E-state index contributed by atoms with van der Waals surface area (Å²) in [5.41, 5.74) is 11.3. The Morgan fingerprint density at radius 2 is 0.320 bits per heavy atom. The van der Waals surface area contributed by atoms with Gasteiger partial charge in [-0.3, -0.25) is 0 Å².